The molecule has 1 aliphatic heterocycles. The fraction of sp³-hybridized carbons (Fsp3) is 0.800. The van der Waals surface area contributed by atoms with E-state index in [4.69, 9.17) is 11.6 Å². The first kappa shape index (κ1) is 11.3. The summed E-state index contributed by atoms with van der Waals surface area (Å²) in [6.07, 6.45) is 2.61. The van der Waals surface area contributed by atoms with Crippen molar-refractivity contribution in [3.05, 3.63) is 10.0 Å². The van der Waals surface area contributed by atoms with E-state index in [0.717, 1.165) is 29.0 Å². The van der Waals surface area contributed by atoms with Gasteiger partial charge in [-0.1, -0.05) is 23.0 Å². The highest BCUT2D eigenvalue weighted by molar-refractivity contribution is 7.10. The molecule has 1 fully saturated rings. The molecular formula is C10H16ClN3S. The molecule has 0 aliphatic carbocycles. The maximum atomic E-state index is 6.01. The highest BCUT2D eigenvalue weighted by Gasteiger charge is 2.25. The molecule has 0 amide bonds. The number of hydrogen-bond acceptors (Lipinski definition) is 4. The van der Waals surface area contributed by atoms with Crippen molar-refractivity contribution >= 4 is 23.1 Å². The minimum Gasteiger partial charge on any atom is -0.294 e. The first-order chi connectivity index (χ1) is 7.18. The van der Waals surface area contributed by atoms with Crippen LogP contribution in [0, 0.1) is 5.92 Å². The van der Waals surface area contributed by atoms with Crippen LogP contribution in [0.15, 0.2) is 0 Å². The topological polar surface area (TPSA) is 29.0 Å². The second kappa shape index (κ2) is 4.76. The maximum absolute atomic E-state index is 6.01. The van der Waals surface area contributed by atoms with Crippen molar-refractivity contribution in [2.75, 3.05) is 6.54 Å². The molecule has 2 rings (SSSR count). The fourth-order valence-electron chi connectivity index (χ4n) is 2.13. The highest BCUT2D eigenvalue weighted by atomic mass is 35.5. The lowest BCUT2D eigenvalue weighted by molar-refractivity contribution is 0.105. The van der Waals surface area contributed by atoms with Gasteiger partial charge in [-0.05, 0) is 32.2 Å². The van der Waals surface area contributed by atoms with Crippen LogP contribution in [0.4, 0.5) is 0 Å². The predicted octanol–water partition coefficient (Wildman–Crippen LogP) is 2.81. The number of likely N-dealkylation sites (tertiary alicyclic amines) is 1. The molecule has 2 atom stereocenters. The van der Waals surface area contributed by atoms with Crippen molar-refractivity contribution in [1.82, 2.24) is 14.5 Å². The van der Waals surface area contributed by atoms with E-state index in [1.165, 1.54) is 24.4 Å². The molecule has 15 heavy (non-hydrogen) atoms. The monoisotopic (exact) mass is 245 g/mol. The molecule has 0 bridgehead atoms. The van der Waals surface area contributed by atoms with Crippen molar-refractivity contribution in [1.29, 1.82) is 0 Å². The number of nitrogens with zero attached hydrogens (tertiary/aromatic N) is 3. The SMILES string of the molecule is CC1CCCN(Cc2nnsc2Cl)C1C. The lowest BCUT2D eigenvalue weighted by Crippen LogP contribution is -2.41. The molecule has 1 aliphatic rings. The van der Waals surface area contributed by atoms with Crippen LogP contribution in [0.3, 0.4) is 0 Å². The summed E-state index contributed by atoms with van der Waals surface area (Å²) < 4.78 is 4.60. The van der Waals surface area contributed by atoms with Crippen molar-refractivity contribution < 1.29 is 0 Å². The van der Waals surface area contributed by atoms with Gasteiger partial charge in [0.05, 0.1) is 0 Å². The zero-order valence-corrected chi connectivity index (χ0v) is 10.7. The van der Waals surface area contributed by atoms with Gasteiger partial charge < -0.3 is 0 Å². The minimum atomic E-state index is 0.622. The van der Waals surface area contributed by atoms with Gasteiger partial charge in [-0.2, -0.15) is 0 Å². The Morgan fingerprint density at radius 1 is 1.53 bits per heavy atom. The number of piperidine rings is 1. The molecule has 0 radical (unpaired) electrons. The third kappa shape index (κ3) is 2.49. The first-order valence-electron chi connectivity index (χ1n) is 5.39. The van der Waals surface area contributed by atoms with E-state index in [-0.39, 0.29) is 0 Å². The van der Waals surface area contributed by atoms with Gasteiger partial charge in [-0.3, -0.25) is 4.90 Å². The number of halogens is 1. The number of hydrogen-bond donors (Lipinski definition) is 0. The average Bonchev–Trinajstić information content (AvgIpc) is 2.60. The van der Waals surface area contributed by atoms with Crippen molar-refractivity contribution in [3.8, 4) is 0 Å². The molecule has 1 aromatic rings. The van der Waals surface area contributed by atoms with Gasteiger partial charge in [0, 0.05) is 24.1 Å². The second-order valence-corrected chi connectivity index (χ2v) is 5.68. The van der Waals surface area contributed by atoms with Gasteiger partial charge in [0.25, 0.3) is 0 Å². The van der Waals surface area contributed by atoms with Crippen molar-refractivity contribution in [3.63, 3.8) is 0 Å². The maximum Gasteiger partial charge on any atom is 0.138 e. The van der Waals surface area contributed by atoms with Gasteiger partial charge in [-0.25, -0.2) is 0 Å². The van der Waals surface area contributed by atoms with Gasteiger partial charge in [0.2, 0.25) is 0 Å². The predicted molar refractivity (Wildman–Crippen MR) is 63.2 cm³/mol. The Morgan fingerprint density at radius 3 is 3.00 bits per heavy atom. The Hall–Kier alpha value is -0.190. The molecule has 1 saturated heterocycles. The van der Waals surface area contributed by atoms with Crippen LogP contribution in [0.1, 0.15) is 32.4 Å². The molecule has 2 unspecified atom stereocenters. The quantitative estimate of drug-likeness (QED) is 0.803. The van der Waals surface area contributed by atoms with E-state index >= 15 is 0 Å². The Kier molecular flexibility index (Phi) is 3.59. The number of rotatable bonds is 2. The number of aromatic nitrogens is 2. The zero-order chi connectivity index (χ0) is 10.8. The molecule has 0 aromatic carbocycles. The normalized spacial score (nSPS) is 28.2. The van der Waals surface area contributed by atoms with E-state index in [0.29, 0.717) is 6.04 Å². The molecule has 84 valence electrons. The van der Waals surface area contributed by atoms with Crippen molar-refractivity contribution in [2.24, 2.45) is 5.92 Å². The summed E-state index contributed by atoms with van der Waals surface area (Å²) in [5.41, 5.74) is 0.933. The third-order valence-electron chi connectivity index (χ3n) is 3.37. The molecule has 0 saturated carbocycles. The molecule has 5 heteroatoms. The van der Waals surface area contributed by atoms with Crippen LogP contribution in [-0.2, 0) is 6.54 Å². The summed E-state index contributed by atoms with van der Waals surface area (Å²) in [7, 11) is 0. The fourth-order valence-corrected chi connectivity index (χ4v) is 2.74. The summed E-state index contributed by atoms with van der Waals surface area (Å²) in [5.74, 6) is 0.768. The Balaban J connectivity index is 2.02. The Labute approximate surface area is 99.6 Å². The van der Waals surface area contributed by atoms with Crippen LogP contribution in [0.5, 0.6) is 0 Å². The van der Waals surface area contributed by atoms with Crippen LogP contribution in [0.2, 0.25) is 4.34 Å². The van der Waals surface area contributed by atoms with Crippen LogP contribution < -0.4 is 0 Å². The summed E-state index contributed by atoms with van der Waals surface area (Å²) in [6, 6.07) is 0.622. The molecule has 2 heterocycles. The molecule has 3 nitrogen and oxygen atoms in total. The summed E-state index contributed by atoms with van der Waals surface area (Å²) in [5, 5.41) is 4.06. The summed E-state index contributed by atoms with van der Waals surface area (Å²) in [6.45, 7) is 6.61. The largest absolute Gasteiger partial charge is 0.294 e. The highest BCUT2D eigenvalue weighted by Crippen LogP contribution is 2.26. The van der Waals surface area contributed by atoms with E-state index < -0.39 is 0 Å². The van der Waals surface area contributed by atoms with E-state index in [2.05, 4.69) is 28.3 Å². The van der Waals surface area contributed by atoms with Gasteiger partial charge >= 0.3 is 0 Å². The van der Waals surface area contributed by atoms with Gasteiger partial charge in [-0.15, -0.1) is 5.10 Å². The van der Waals surface area contributed by atoms with Crippen molar-refractivity contribution in [2.45, 2.75) is 39.3 Å². The minimum absolute atomic E-state index is 0.622. The average molecular weight is 246 g/mol. The van der Waals surface area contributed by atoms with E-state index in [1.807, 2.05) is 0 Å². The Bertz CT molecular complexity index is 328. The van der Waals surface area contributed by atoms with Crippen LogP contribution in [0.25, 0.3) is 0 Å². The second-order valence-electron chi connectivity index (χ2n) is 4.32. The first-order valence-corrected chi connectivity index (χ1v) is 6.54. The molecule has 1 aromatic heterocycles. The standard InChI is InChI=1S/C10H16ClN3S/c1-7-4-3-5-14(8(7)2)6-9-10(11)15-13-12-9/h7-8H,3-6H2,1-2H3. The smallest absolute Gasteiger partial charge is 0.138 e. The third-order valence-corrected chi connectivity index (χ3v) is 4.35. The van der Waals surface area contributed by atoms with Gasteiger partial charge in [0.1, 0.15) is 10.0 Å². The molecule has 0 spiro atoms. The molecular weight excluding hydrogens is 230 g/mol. The van der Waals surface area contributed by atoms with Crippen LogP contribution in [-0.4, -0.2) is 27.1 Å². The van der Waals surface area contributed by atoms with Crippen LogP contribution >= 0.6 is 23.1 Å². The van der Waals surface area contributed by atoms with E-state index in [1.54, 1.807) is 0 Å². The lowest BCUT2D eigenvalue weighted by Gasteiger charge is -2.37. The van der Waals surface area contributed by atoms with Gasteiger partial charge in [0.15, 0.2) is 0 Å². The lowest BCUT2D eigenvalue weighted by atomic mass is 9.92. The van der Waals surface area contributed by atoms with E-state index in [9.17, 15) is 0 Å². The molecule has 0 N–H and O–H groups in total. The summed E-state index contributed by atoms with van der Waals surface area (Å²) >= 11 is 7.28. The zero-order valence-electron chi connectivity index (χ0n) is 9.11. The summed E-state index contributed by atoms with van der Waals surface area (Å²) in [4.78, 5) is 2.46. The Morgan fingerprint density at radius 2 is 2.33 bits per heavy atom.